The molecule has 0 unspecified atom stereocenters. The summed E-state index contributed by atoms with van der Waals surface area (Å²) in [7, 11) is 5.65. The summed E-state index contributed by atoms with van der Waals surface area (Å²) in [4.78, 5) is 28.2. The number of likely N-dealkylation sites (tertiary alicyclic amines) is 1. The SMILES string of the molecule is Cc1nn(C)c(N(C)C)c1[C@@H]1[C@@H](C(=O)O)CC(=O)N1[C@@H](C)C(C)C. The van der Waals surface area contributed by atoms with Crippen molar-refractivity contribution in [3.05, 3.63) is 11.3 Å². The molecule has 0 aliphatic carbocycles. The quantitative estimate of drug-likeness (QED) is 0.887. The zero-order valence-corrected chi connectivity index (χ0v) is 15.6. The largest absolute Gasteiger partial charge is 0.481 e. The Hall–Kier alpha value is -2.05. The maximum Gasteiger partial charge on any atom is 0.309 e. The van der Waals surface area contributed by atoms with E-state index in [-0.39, 0.29) is 24.3 Å². The van der Waals surface area contributed by atoms with Gasteiger partial charge in [-0.2, -0.15) is 5.10 Å². The van der Waals surface area contributed by atoms with E-state index in [0.29, 0.717) is 0 Å². The number of aryl methyl sites for hydroxylation is 2. The summed E-state index contributed by atoms with van der Waals surface area (Å²) in [5, 5.41) is 14.2. The molecule has 1 amide bonds. The first kappa shape index (κ1) is 18.3. The Labute approximate surface area is 143 Å². The summed E-state index contributed by atoms with van der Waals surface area (Å²) in [5.74, 6) is -0.690. The van der Waals surface area contributed by atoms with Gasteiger partial charge >= 0.3 is 5.97 Å². The molecule has 2 rings (SSSR count). The van der Waals surface area contributed by atoms with Crippen LogP contribution in [0.3, 0.4) is 0 Å². The number of aromatic nitrogens is 2. The molecule has 1 aromatic rings. The molecule has 24 heavy (non-hydrogen) atoms. The van der Waals surface area contributed by atoms with Crippen molar-refractivity contribution in [3.8, 4) is 0 Å². The highest BCUT2D eigenvalue weighted by atomic mass is 16.4. The molecule has 134 valence electrons. The van der Waals surface area contributed by atoms with Gasteiger partial charge in [0.2, 0.25) is 5.91 Å². The predicted octanol–water partition coefficient (Wildman–Crippen LogP) is 1.81. The monoisotopic (exact) mass is 336 g/mol. The fourth-order valence-electron chi connectivity index (χ4n) is 3.66. The highest BCUT2D eigenvalue weighted by Crippen LogP contribution is 2.45. The van der Waals surface area contributed by atoms with Crippen LogP contribution in [0.25, 0.3) is 0 Å². The molecular formula is C17H28N4O3. The number of hydrogen-bond acceptors (Lipinski definition) is 4. The van der Waals surface area contributed by atoms with Crippen LogP contribution in [0.1, 0.15) is 44.5 Å². The van der Waals surface area contributed by atoms with E-state index in [2.05, 4.69) is 5.10 Å². The van der Waals surface area contributed by atoms with E-state index in [1.807, 2.05) is 53.7 Å². The molecule has 7 heteroatoms. The van der Waals surface area contributed by atoms with Gasteiger partial charge in [-0.15, -0.1) is 0 Å². The Kier molecular flexibility index (Phi) is 4.92. The number of amides is 1. The number of rotatable bonds is 5. The number of carboxylic acid groups (broad SMARTS) is 1. The third-order valence-corrected chi connectivity index (χ3v) is 5.04. The number of hydrogen-bond donors (Lipinski definition) is 1. The van der Waals surface area contributed by atoms with Crippen LogP contribution < -0.4 is 4.90 Å². The third-order valence-electron chi connectivity index (χ3n) is 5.04. The minimum atomic E-state index is -0.931. The van der Waals surface area contributed by atoms with Crippen molar-refractivity contribution in [2.24, 2.45) is 18.9 Å². The van der Waals surface area contributed by atoms with Crippen molar-refractivity contribution in [1.29, 1.82) is 0 Å². The van der Waals surface area contributed by atoms with Crippen LogP contribution in [0.4, 0.5) is 5.82 Å². The number of carbonyl (C=O) groups excluding carboxylic acids is 1. The van der Waals surface area contributed by atoms with E-state index in [0.717, 1.165) is 17.1 Å². The Morgan fingerprint density at radius 1 is 1.33 bits per heavy atom. The molecule has 0 saturated carbocycles. The van der Waals surface area contributed by atoms with Gasteiger partial charge in [0, 0.05) is 39.2 Å². The number of nitrogens with zero attached hydrogens (tertiary/aromatic N) is 4. The molecule has 1 saturated heterocycles. The minimum absolute atomic E-state index is 0.0399. The highest BCUT2D eigenvalue weighted by Gasteiger charge is 2.49. The van der Waals surface area contributed by atoms with Crippen molar-refractivity contribution in [2.45, 2.75) is 46.2 Å². The Balaban J connectivity index is 2.65. The number of carboxylic acids is 1. The van der Waals surface area contributed by atoms with E-state index < -0.39 is 17.9 Å². The van der Waals surface area contributed by atoms with Crippen LogP contribution in [0.2, 0.25) is 0 Å². The first-order valence-electron chi connectivity index (χ1n) is 8.32. The van der Waals surface area contributed by atoms with Gasteiger partial charge in [-0.1, -0.05) is 13.8 Å². The lowest BCUT2D eigenvalue weighted by Crippen LogP contribution is -2.41. The summed E-state index contributed by atoms with van der Waals surface area (Å²) in [6.45, 7) is 7.96. The molecule has 1 aromatic heterocycles. The molecule has 0 aromatic carbocycles. The summed E-state index contributed by atoms with van der Waals surface area (Å²) >= 11 is 0. The van der Waals surface area contributed by atoms with Gasteiger partial charge in [-0.05, 0) is 19.8 Å². The van der Waals surface area contributed by atoms with E-state index >= 15 is 0 Å². The van der Waals surface area contributed by atoms with E-state index in [1.165, 1.54) is 0 Å². The number of carbonyl (C=O) groups is 2. The van der Waals surface area contributed by atoms with Crippen LogP contribution in [0, 0.1) is 18.8 Å². The zero-order chi connectivity index (χ0) is 18.3. The molecular weight excluding hydrogens is 308 g/mol. The smallest absolute Gasteiger partial charge is 0.309 e. The van der Waals surface area contributed by atoms with Crippen molar-refractivity contribution in [2.75, 3.05) is 19.0 Å². The summed E-state index contributed by atoms with van der Waals surface area (Å²) in [6, 6.07) is -0.528. The summed E-state index contributed by atoms with van der Waals surface area (Å²) in [5.41, 5.74) is 1.61. The topological polar surface area (TPSA) is 78.7 Å². The average molecular weight is 336 g/mol. The molecule has 7 nitrogen and oxygen atoms in total. The molecule has 1 aliphatic heterocycles. The summed E-state index contributed by atoms with van der Waals surface area (Å²) < 4.78 is 1.75. The maximum absolute atomic E-state index is 12.6. The molecule has 2 heterocycles. The number of aliphatic carboxylic acids is 1. The van der Waals surface area contributed by atoms with Gasteiger partial charge in [-0.25, -0.2) is 0 Å². The van der Waals surface area contributed by atoms with Gasteiger partial charge in [0.25, 0.3) is 0 Å². The molecule has 1 aliphatic rings. The standard InChI is InChI=1S/C17H28N4O3/c1-9(2)11(4)21-13(22)8-12(17(23)24)15(21)14-10(3)18-20(7)16(14)19(5)6/h9,11-12,15H,8H2,1-7H3,(H,23,24)/t11-,12-,15-/m0/s1. The Bertz CT molecular complexity index is 651. The molecule has 3 atom stereocenters. The Morgan fingerprint density at radius 3 is 2.38 bits per heavy atom. The molecule has 0 radical (unpaired) electrons. The van der Waals surface area contributed by atoms with E-state index in [9.17, 15) is 14.7 Å². The molecule has 0 bridgehead atoms. The molecule has 0 spiro atoms. The minimum Gasteiger partial charge on any atom is -0.481 e. The average Bonchev–Trinajstić information content (AvgIpc) is 2.94. The lowest BCUT2D eigenvalue weighted by molar-refractivity contribution is -0.142. The van der Waals surface area contributed by atoms with E-state index in [1.54, 1.807) is 9.58 Å². The van der Waals surface area contributed by atoms with Crippen molar-refractivity contribution in [3.63, 3.8) is 0 Å². The van der Waals surface area contributed by atoms with Crippen LogP contribution in [-0.4, -0.2) is 51.8 Å². The van der Waals surface area contributed by atoms with Gasteiger partial charge < -0.3 is 14.9 Å². The normalized spacial score (nSPS) is 22.3. The Morgan fingerprint density at radius 2 is 1.92 bits per heavy atom. The van der Waals surface area contributed by atoms with Gasteiger partial charge in [0.1, 0.15) is 5.82 Å². The highest BCUT2D eigenvalue weighted by molar-refractivity contribution is 5.88. The maximum atomic E-state index is 12.6. The van der Waals surface area contributed by atoms with Crippen LogP contribution in [-0.2, 0) is 16.6 Å². The van der Waals surface area contributed by atoms with Crippen molar-refractivity contribution in [1.82, 2.24) is 14.7 Å². The van der Waals surface area contributed by atoms with Crippen LogP contribution in [0.15, 0.2) is 0 Å². The first-order chi connectivity index (χ1) is 11.1. The zero-order valence-electron chi connectivity index (χ0n) is 15.6. The van der Waals surface area contributed by atoms with Crippen molar-refractivity contribution >= 4 is 17.7 Å². The molecule has 1 N–H and O–H groups in total. The van der Waals surface area contributed by atoms with Crippen LogP contribution in [0.5, 0.6) is 0 Å². The van der Waals surface area contributed by atoms with Gasteiger partial charge in [-0.3, -0.25) is 14.3 Å². The number of anilines is 1. The fourth-order valence-corrected chi connectivity index (χ4v) is 3.66. The second kappa shape index (κ2) is 6.45. The lowest BCUT2D eigenvalue weighted by atomic mass is 9.91. The molecule has 1 fully saturated rings. The van der Waals surface area contributed by atoms with Crippen LogP contribution >= 0.6 is 0 Å². The van der Waals surface area contributed by atoms with Gasteiger partial charge in [0.15, 0.2) is 0 Å². The predicted molar refractivity (Wildman–Crippen MR) is 91.9 cm³/mol. The summed E-state index contributed by atoms with van der Waals surface area (Å²) in [6.07, 6.45) is 0.0399. The lowest BCUT2D eigenvalue weighted by Gasteiger charge is -2.35. The van der Waals surface area contributed by atoms with Crippen molar-refractivity contribution < 1.29 is 14.7 Å². The third kappa shape index (κ3) is 2.87. The first-order valence-corrected chi connectivity index (χ1v) is 8.32. The fraction of sp³-hybridized carbons (Fsp3) is 0.706. The second-order valence-corrected chi connectivity index (χ2v) is 7.22. The van der Waals surface area contributed by atoms with E-state index in [4.69, 9.17) is 0 Å². The second-order valence-electron chi connectivity index (χ2n) is 7.22. The van der Waals surface area contributed by atoms with Gasteiger partial charge in [0.05, 0.1) is 17.7 Å².